The number of carbonyl (C=O) groups is 1. The number of hydrogen-bond acceptors (Lipinski definition) is 5. The summed E-state index contributed by atoms with van der Waals surface area (Å²) < 4.78 is 0. The standard InChI is InChI=1S/C18H24N4O2/c1-15-9-10-17(20-13-15)22(16-7-6-11-19-14-16)12-5-3-2-4-8-18(23)21-24/h6-7,9-11,13-14,24H,2-5,8,12H2,1H3,(H,21,23). The average Bonchev–Trinajstić information content (AvgIpc) is 2.62. The lowest BCUT2D eigenvalue weighted by Gasteiger charge is -2.23. The molecule has 0 aliphatic rings. The molecule has 0 aromatic carbocycles. The molecule has 0 spiro atoms. The Morgan fingerprint density at radius 1 is 1.17 bits per heavy atom. The summed E-state index contributed by atoms with van der Waals surface area (Å²) in [6, 6.07) is 8.03. The lowest BCUT2D eigenvalue weighted by molar-refractivity contribution is -0.129. The molecule has 128 valence electrons. The van der Waals surface area contributed by atoms with Gasteiger partial charge in [0.25, 0.3) is 0 Å². The quantitative estimate of drug-likeness (QED) is 0.419. The molecule has 24 heavy (non-hydrogen) atoms. The van der Waals surface area contributed by atoms with Gasteiger partial charge in [-0.25, -0.2) is 10.5 Å². The van der Waals surface area contributed by atoms with E-state index in [0.29, 0.717) is 6.42 Å². The van der Waals surface area contributed by atoms with Crippen LogP contribution in [0.4, 0.5) is 11.5 Å². The SMILES string of the molecule is Cc1ccc(N(CCCCCCC(=O)NO)c2cccnc2)nc1. The molecule has 0 aliphatic carbocycles. The molecule has 1 amide bonds. The molecule has 2 aromatic heterocycles. The molecule has 2 heterocycles. The van der Waals surface area contributed by atoms with Gasteiger partial charge in [0.2, 0.25) is 5.91 Å². The van der Waals surface area contributed by atoms with Gasteiger partial charge >= 0.3 is 0 Å². The first kappa shape index (κ1) is 17.9. The first-order valence-corrected chi connectivity index (χ1v) is 8.24. The number of hydrogen-bond donors (Lipinski definition) is 2. The predicted molar refractivity (Wildman–Crippen MR) is 93.2 cm³/mol. The van der Waals surface area contributed by atoms with Crippen molar-refractivity contribution in [1.82, 2.24) is 15.4 Å². The number of unbranched alkanes of at least 4 members (excludes halogenated alkanes) is 3. The minimum atomic E-state index is -0.323. The molecule has 0 radical (unpaired) electrons. The number of anilines is 2. The Kier molecular flexibility index (Phi) is 7.17. The Morgan fingerprint density at radius 3 is 2.67 bits per heavy atom. The van der Waals surface area contributed by atoms with Crippen LogP contribution in [0.2, 0.25) is 0 Å². The van der Waals surface area contributed by atoms with Crippen LogP contribution in [-0.4, -0.2) is 27.6 Å². The monoisotopic (exact) mass is 328 g/mol. The number of pyridine rings is 2. The van der Waals surface area contributed by atoms with Crippen molar-refractivity contribution < 1.29 is 10.0 Å². The fourth-order valence-corrected chi connectivity index (χ4v) is 2.47. The first-order chi connectivity index (χ1) is 11.7. The molecule has 0 bridgehead atoms. The maximum atomic E-state index is 11.0. The van der Waals surface area contributed by atoms with Crippen molar-refractivity contribution in [2.24, 2.45) is 0 Å². The number of nitrogens with one attached hydrogen (secondary N) is 1. The highest BCUT2D eigenvalue weighted by atomic mass is 16.5. The van der Waals surface area contributed by atoms with Gasteiger partial charge in [0, 0.05) is 25.4 Å². The van der Waals surface area contributed by atoms with Crippen LogP contribution in [0.1, 0.15) is 37.7 Å². The highest BCUT2D eigenvalue weighted by molar-refractivity contribution is 5.74. The lowest BCUT2D eigenvalue weighted by atomic mass is 10.1. The summed E-state index contributed by atoms with van der Waals surface area (Å²) in [6.45, 7) is 2.86. The molecular formula is C18H24N4O2. The van der Waals surface area contributed by atoms with Crippen molar-refractivity contribution in [3.63, 3.8) is 0 Å². The van der Waals surface area contributed by atoms with Crippen LogP contribution in [-0.2, 0) is 4.79 Å². The third-order valence-electron chi connectivity index (χ3n) is 3.79. The Bertz CT molecular complexity index is 617. The van der Waals surface area contributed by atoms with Crippen molar-refractivity contribution in [3.05, 3.63) is 48.4 Å². The van der Waals surface area contributed by atoms with Crippen molar-refractivity contribution in [3.8, 4) is 0 Å². The van der Waals surface area contributed by atoms with Gasteiger partial charge in [0.05, 0.1) is 11.9 Å². The fourth-order valence-electron chi connectivity index (χ4n) is 2.47. The summed E-state index contributed by atoms with van der Waals surface area (Å²) in [6.07, 6.45) is 9.57. The van der Waals surface area contributed by atoms with E-state index in [1.165, 1.54) is 0 Å². The van der Waals surface area contributed by atoms with Gasteiger partial charge in [-0.15, -0.1) is 0 Å². The highest BCUT2D eigenvalue weighted by Gasteiger charge is 2.10. The van der Waals surface area contributed by atoms with E-state index in [1.807, 2.05) is 37.5 Å². The van der Waals surface area contributed by atoms with Gasteiger partial charge in [-0.2, -0.15) is 0 Å². The van der Waals surface area contributed by atoms with Gasteiger partial charge in [0.1, 0.15) is 5.82 Å². The Hall–Kier alpha value is -2.47. The van der Waals surface area contributed by atoms with E-state index >= 15 is 0 Å². The number of amides is 1. The van der Waals surface area contributed by atoms with Gasteiger partial charge in [0.15, 0.2) is 0 Å². The molecule has 2 rings (SSSR count). The van der Waals surface area contributed by atoms with Crippen LogP contribution in [0.15, 0.2) is 42.9 Å². The summed E-state index contributed by atoms with van der Waals surface area (Å²) >= 11 is 0. The van der Waals surface area contributed by atoms with E-state index in [-0.39, 0.29) is 5.91 Å². The number of carbonyl (C=O) groups excluding carboxylic acids is 1. The molecule has 0 unspecified atom stereocenters. The van der Waals surface area contributed by atoms with Crippen LogP contribution in [0.3, 0.4) is 0 Å². The normalized spacial score (nSPS) is 10.4. The van der Waals surface area contributed by atoms with Gasteiger partial charge in [-0.05, 0) is 43.5 Å². The van der Waals surface area contributed by atoms with E-state index in [2.05, 4.69) is 20.9 Å². The summed E-state index contributed by atoms with van der Waals surface area (Å²) in [5.74, 6) is 0.587. The van der Waals surface area contributed by atoms with E-state index in [4.69, 9.17) is 5.21 Å². The van der Waals surface area contributed by atoms with E-state index in [1.54, 1.807) is 11.7 Å². The second kappa shape index (κ2) is 9.62. The summed E-state index contributed by atoms with van der Waals surface area (Å²) in [7, 11) is 0. The van der Waals surface area contributed by atoms with E-state index < -0.39 is 0 Å². The largest absolute Gasteiger partial charge is 0.325 e. The third-order valence-corrected chi connectivity index (χ3v) is 3.79. The number of rotatable bonds is 9. The van der Waals surface area contributed by atoms with Gasteiger partial charge < -0.3 is 4.90 Å². The maximum absolute atomic E-state index is 11.0. The Labute approximate surface area is 142 Å². The molecule has 0 saturated carbocycles. The van der Waals surface area contributed by atoms with Crippen LogP contribution >= 0.6 is 0 Å². The minimum absolute atomic E-state index is 0.323. The van der Waals surface area contributed by atoms with Gasteiger partial charge in [-0.1, -0.05) is 18.9 Å². The van der Waals surface area contributed by atoms with Crippen molar-refractivity contribution in [2.45, 2.75) is 39.0 Å². The number of aryl methyl sites for hydroxylation is 1. The van der Waals surface area contributed by atoms with Crippen molar-refractivity contribution in [1.29, 1.82) is 0 Å². The molecular weight excluding hydrogens is 304 g/mol. The molecule has 2 N–H and O–H groups in total. The predicted octanol–water partition coefficient (Wildman–Crippen LogP) is 3.38. The van der Waals surface area contributed by atoms with Crippen LogP contribution in [0, 0.1) is 6.92 Å². The van der Waals surface area contributed by atoms with Crippen LogP contribution < -0.4 is 10.4 Å². The van der Waals surface area contributed by atoms with E-state index in [9.17, 15) is 4.79 Å². The second-order valence-electron chi connectivity index (χ2n) is 5.76. The molecule has 0 atom stereocenters. The minimum Gasteiger partial charge on any atom is -0.325 e. The summed E-state index contributed by atoms with van der Waals surface area (Å²) in [5.41, 5.74) is 3.81. The molecule has 2 aromatic rings. The van der Waals surface area contributed by atoms with Crippen LogP contribution in [0.25, 0.3) is 0 Å². The second-order valence-corrected chi connectivity index (χ2v) is 5.76. The zero-order valence-corrected chi connectivity index (χ0v) is 14.0. The zero-order chi connectivity index (χ0) is 17.2. The summed E-state index contributed by atoms with van der Waals surface area (Å²) in [4.78, 5) is 21.8. The summed E-state index contributed by atoms with van der Waals surface area (Å²) in [5, 5.41) is 8.46. The number of nitrogens with zero attached hydrogens (tertiary/aromatic N) is 3. The third kappa shape index (κ3) is 5.62. The molecule has 6 heteroatoms. The smallest absolute Gasteiger partial charge is 0.243 e. The molecule has 0 saturated heterocycles. The molecule has 6 nitrogen and oxygen atoms in total. The Balaban J connectivity index is 1.90. The fraction of sp³-hybridized carbons (Fsp3) is 0.389. The Morgan fingerprint density at radius 2 is 2.00 bits per heavy atom. The number of aromatic nitrogens is 2. The topological polar surface area (TPSA) is 78.4 Å². The first-order valence-electron chi connectivity index (χ1n) is 8.24. The van der Waals surface area contributed by atoms with Crippen molar-refractivity contribution >= 4 is 17.4 Å². The van der Waals surface area contributed by atoms with E-state index in [0.717, 1.165) is 49.3 Å². The van der Waals surface area contributed by atoms with Gasteiger partial charge in [-0.3, -0.25) is 15.0 Å². The molecule has 0 aliphatic heterocycles. The molecule has 0 fully saturated rings. The zero-order valence-electron chi connectivity index (χ0n) is 14.0. The highest BCUT2D eigenvalue weighted by Crippen LogP contribution is 2.23. The number of hydroxylamine groups is 1. The van der Waals surface area contributed by atoms with Crippen molar-refractivity contribution in [2.75, 3.05) is 11.4 Å². The maximum Gasteiger partial charge on any atom is 0.243 e. The van der Waals surface area contributed by atoms with Crippen LogP contribution in [0.5, 0.6) is 0 Å². The lowest BCUT2D eigenvalue weighted by Crippen LogP contribution is -2.20. The average molecular weight is 328 g/mol.